The Kier molecular flexibility index (Phi) is 6.67. The second kappa shape index (κ2) is 7.78. The Hall–Kier alpha value is -0.890. The summed E-state index contributed by atoms with van der Waals surface area (Å²) in [6, 6.07) is 1.93. The lowest BCUT2D eigenvalue weighted by molar-refractivity contribution is 0.204. The smallest absolute Gasteiger partial charge is 0.242 e. The molecular formula is C13H25N3O3S. The molecule has 20 heavy (non-hydrogen) atoms. The molecule has 1 aromatic rings. The summed E-state index contributed by atoms with van der Waals surface area (Å²) in [6.07, 6.45) is 1.69. The number of nitrogens with zero attached hydrogens (tertiary/aromatic N) is 1. The lowest BCUT2D eigenvalue weighted by Crippen LogP contribution is -2.26. The van der Waals surface area contributed by atoms with Gasteiger partial charge in [0.15, 0.2) is 0 Å². The molecule has 0 aliphatic rings. The molecule has 2 N–H and O–H groups in total. The molecule has 0 bridgehead atoms. The summed E-state index contributed by atoms with van der Waals surface area (Å²) < 4.78 is 33.7. The van der Waals surface area contributed by atoms with E-state index >= 15 is 0 Å². The summed E-state index contributed by atoms with van der Waals surface area (Å²) in [5.74, 6) is 0. The molecule has 0 aromatic carbocycles. The summed E-state index contributed by atoms with van der Waals surface area (Å²) in [6.45, 7) is 8.21. The molecule has 0 aliphatic heterocycles. The van der Waals surface area contributed by atoms with E-state index in [1.165, 1.54) is 7.11 Å². The summed E-state index contributed by atoms with van der Waals surface area (Å²) in [4.78, 5) is 0.301. The van der Waals surface area contributed by atoms with Crippen molar-refractivity contribution in [3.63, 3.8) is 0 Å². The third kappa shape index (κ3) is 4.59. The van der Waals surface area contributed by atoms with Gasteiger partial charge in [0.25, 0.3) is 0 Å². The fourth-order valence-electron chi connectivity index (χ4n) is 1.88. The Balaban J connectivity index is 2.94. The van der Waals surface area contributed by atoms with E-state index in [2.05, 4.69) is 10.0 Å². The number of methoxy groups -OCH3 is 1. The Morgan fingerprint density at radius 2 is 2.10 bits per heavy atom. The van der Waals surface area contributed by atoms with Gasteiger partial charge in [0.05, 0.1) is 11.5 Å². The molecule has 0 atom stereocenters. The topological polar surface area (TPSA) is 72.4 Å². The Bertz CT molecular complexity index is 509. The van der Waals surface area contributed by atoms with Gasteiger partial charge < -0.3 is 14.6 Å². The van der Waals surface area contributed by atoms with E-state index < -0.39 is 10.0 Å². The molecule has 0 saturated heterocycles. The molecule has 0 radical (unpaired) electrons. The normalized spacial score (nSPS) is 12.2. The van der Waals surface area contributed by atoms with E-state index in [1.54, 1.807) is 12.3 Å². The molecule has 7 heteroatoms. The van der Waals surface area contributed by atoms with Crippen molar-refractivity contribution in [3.8, 4) is 0 Å². The lowest BCUT2D eigenvalue weighted by Gasteiger charge is -2.12. The molecular weight excluding hydrogens is 278 g/mol. The average Bonchev–Trinajstić information content (AvgIpc) is 2.81. The fraction of sp³-hybridized carbons (Fsp3) is 0.692. The van der Waals surface area contributed by atoms with Crippen LogP contribution in [0.3, 0.4) is 0 Å². The van der Waals surface area contributed by atoms with Gasteiger partial charge in [-0.25, -0.2) is 13.1 Å². The Morgan fingerprint density at radius 1 is 1.40 bits per heavy atom. The minimum atomic E-state index is -3.47. The zero-order valence-corrected chi connectivity index (χ0v) is 13.5. The molecule has 0 amide bonds. The standard InChI is InChI=1S/C13H25N3O3S/c1-5-14-9-12-8-13(10-16(12)11(2)3)20(17,18)15-6-7-19-4/h8,10-11,14-15H,5-7,9H2,1-4H3. The Labute approximate surface area is 121 Å². The van der Waals surface area contributed by atoms with E-state index in [-0.39, 0.29) is 12.6 Å². The van der Waals surface area contributed by atoms with Gasteiger partial charge in [-0.15, -0.1) is 0 Å². The predicted octanol–water partition coefficient (Wildman–Crippen LogP) is 1.10. The van der Waals surface area contributed by atoms with Gasteiger partial charge >= 0.3 is 0 Å². The summed E-state index contributed by atoms with van der Waals surface area (Å²) in [5, 5.41) is 3.22. The zero-order chi connectivity index (χ0) is 15.2. The van der Waals surface area contributed by atoms with Crippen LogP contribution in [0.2, 0.25) is 0 Å². The van der Waals surface area contributed by atoms with Crippen LogP contribution >= 0.6 is 0 Å². The van der Waals surface area contributed by atoms with Crippen LogP contribution in [-0.2, 0) is 21.3 Å². The molecule has 1 rings (SSSR count). The maximum absolute atomic E-state index is 12.2. The highest BCUT2D eigenvalue weighted by Gasteiger charge is 2.18. The number of rotatable bonds is 9. The van der Waals surface area contributed by atoms with Crippen LogP contribution in [0.1, 0.15) is 32.5 Å². The lowest BCUT2D eigenvalue weighted by atomic mass is 10.3. The van der Waals surface area contributed by atoms with Gasteiger partial charge in [-0.2, -0.15) is 0 Å². The van der Waals surface area contributed by atoms with E-state index in [0.717, 1.165) is 12.2 Å². The SMILES string of the molecule is CCNCc1cc(S(=O)(=O)NCCOC)cn1C(C)C. The van der Waals surface area contributed by atoms with Crippen molar-refractivity contribution < 1.29 is 13.2 Å². The van der Waals surface area contributed by atoms with Crippen molar-refractivity contribution in [2.45, 2.75) is 38.3 Å². The van der Waals surface area contributed by atoms with Gasteiger partial charge in [-0.05, 0) is 26.5 Å². The molecule has 0 saturated carbocycles. The third-order valence-corrected chi connectivity index (χ3v) is 4.36. The molecule has 116 valence electrons. The molecule has 1 heterocycles. The predicted molar refractivity (Wildman–Crippen MR) is 79.3 cm³/mol. The van der Waals surface area contributed by atoms with Crippen LogP contribution in [0.5, 0.6) is 0 Å². The first-order chi connectivity index (χ1) is 9.42. The first-order valence-electron chi connectivity index (χ1n) is 6.82. The molecule has 0 unspecified atom stereocenters. The van der Waals surface area contributed by atoms with Crippen LogP contribution in [-0.4, -0.2) is 39.8 Å². The van der Waals surface area contributed by atoms with Crippen molar-refractivity contribution in [2.75, 3.05) is 26.8 Å². The first-order valence-corrected chi connectivity index (χ1v) is 8.30. The highest BCUT2D eigenvalue weighted by Crippen LogP contribution is 2.18. The van der Waals surface area contributed by atoms with Crippen LogP contribution in [0.25, 0.3) is 0 Å². The number of ether oxygens (including phenoxy) is 1. The second-order valence-corrected chi connectivity index (χ2v) is 6.61. The highest BCUT2D eigenvalue weighted by atomic mass is 32.2. The largest absolute Gasteiger partial charge is 0.383 e. The van der Waals surface area contributed by atoms with E-state index in [9.17, 15) is 8.42 Å². The van der Waals surface area contributed by atoms with Crippen LogP contribution < -0.4 is 10.0 Å². The third-order valence-electron chi connectivity index (χ3n) is 2.93. The minimum absolute atomic E-state index is 0.214. The molecule has 0 spiro atoms. The molecule has 6 nitrogen and oxygen atoms in total. The fourth-order valence-corrected chi connectivity index (χ4v) is 2.94. The van der Waals surface area contributed by atoms with Crippen LogP contribution in [0.15, 0.2) is 17.2 Å². The number of nitrogens with one attached hydrogen (secondary N) is 2. The molecule has 0 aliphatic carbocycles. The van der Waals surface area contributed by atoms with E-state index in [4.69, 9.17) is 4.74 Å². The summed E-state index contributed by atoms with van der Waals surface area (Å²) in [7, 11) is -1.93. The summed E-state index contributed by atoms with van der Waals surface area (Å²) >= 11 is 0. The van der Waals surface area contributed by atoms with Crippen LogP contribution in [0.4, 0.5) is 0 Å². The van der Waals surface area contributed by atoms with Gasteiger partial charge in [-0.3, -0.25) is 0 Å². The minimum Gasteiger partial charge on any atom is -0.383 e. The average molecular weight is 303 g/mol. The van der Waals surface area contributed by atoms with Gasteiger partial charge in [0.2, 0.25) is 10.0 Å². The van der Waals surface area contributed by atoms with Crippen molar-refractivity contribution in [2.24, 2.45) is 0 Å². The number of aromatic nitrogens is 1. The van der Waals surface area contributed by atoms with Crippen LogP contribution in [0, 0.1) is 0 Å². The zero-order valence-electron chi connectivity index (χ0n) is 12.6. The van der Waals surface area contributed by atoms with Gasteiger partial charge in [0, 0.05) is 38.1 Å². The summed E-state index contributed by atoms with van der Waals surface area (Å²) in [5.41, 5.74) is 0.967. The van der Waals surface area contributed by atoms with E-state index in [0.29, 0.717) is 18.0 Å². The van der Waals surface area contributed by atoms with Gasteiger partial charge in [0.1, 0.15) is 0 Å². The number of hydrogen-bond donors (Lipinski definition) is 2. The van der Waals surface area contributed by atoms with E-state index in [1.807, 2.05) is 25.3 Å². The monoisotopic (exact) mass is 303 g/mol. The molecule has 0 fully saturated rings. The maximum atomic E-state index is 12.2. The quantitative estimate of drug-likeness (QED) is 0.670. The van der Waals surface area contributed by atoms with Crippen molar-refractivity contribution in [3.05, 3.63) is 18.0 Å². The Morgan fingerprint density at radius 3 is 2.65 bits per heavy atom. The van der Waals surface area contributed by atoms with Crippen molar-refractivity contribution in [1.29, 1.82) is 0 Å². The second-order valence-electron chi connectivity index (χ2n) is 4.84. The maximum Gasteiger partial charge on any atom is 0.242 e. The van der Waals surface area contributed by atoms with Crippen molar-refractivity contribution >= 4 is 10.0 Å². The first kappa shape index (κ1) is 17.2. The number of hydrogen-bond acceptors (Lipinski definition) is 4. The molecule has 1 aromatic heterocycles. The van der Waals surface area contributed by atoms with Gasteiger partial charge in [-0.1, -0.05) is 6.92 Å². The number of sulfonamides is 1. The van der Waals surface area contributed by atoms with Crippen molar-refractivity contribution in [1.82, 2.24) is 14.6 Å². The highest BCUT2D eigenvalue weighted by molar-refractivity contribution is 7.89.